The SMILES string of the molecule is O=C(Nc1ccc(Br)cn1)C1CCCN(c2ccc3ccccc3n2)C1. The molecule has 2 aromatic heterocycles. The normalized spacial score (nSPS) is 17.3. The maximum atomic E-state index is 12.6. The third-order valence-electron chi connectivity index (χ3n) is 4.68. The molecule has 6 heteroatoms. The first-order valence-corrected chi connectivity index (χ1v) is 9.51. The summed E-state index contributed by atoms with van der Waals surface area (Å²) in [7, 11) is 0. The summed E-state index contributed by atoms with van der Waals surface area (Å²) in [6.07, 6.45) is 3.54. The number of fused-ring (bicyclic) bond motifs is 1. The number of piperidine rings is 1. The van der Waals surface area contributed by atoms with Crippen molar-refractivity contribution in [2.24, 2.45) is 5.92 Å². The zero-order valence-corrected chi connectivity index (χ0v) is 15.8. The Kier molecular flexibility index (Phi) is 4.84. The maximum absolute atomic E-state index is 12.6. The lowest BCUT2D eigenvalue weighted by atomic mass is 9.97. The molecule has 5 nitrogen and oxygen atoms in total. The molecular formula is C20H19BrN4O. The Balaban J connectivity index is 1.47. The molecule has 1 aliphatic rings. The van der Waals surface area contributed by atoms with E-state index in [9.17, 15) is 4.79 Å². The van der Waals surface area contributed by atoms with Gasteiger partial charge in [-0.3, -0.25) is 4.79 Å². The highest BCUT2D eigenvalue weighted by molar-refractivity contribution is 9.10. The third-order valence-corrected chi connectivity index (χ3v) is 5.15. The summed E-state index contributed by atoms with van der Waals surface area (Å²) in [5, 5.41) is 4.05. The van der Waals surface area contributed by atoms with Crippen LogP contribution in [0.5, 0.6) is 0 Å². The molecule has 1 aromatic carbocycles. The first-order valence-electron chi connectivity index (χ1n) is 8.72. The van der Waals surface area contributed by atoms with E-state index in [1.807, 2.05) is 30.3 Å². The summed E-state index contributed by atoms with van der Waals surface area (Å²) in [4.78, 5) is 23.8. The predicted molar refractivity (Wildman–Crippen MR) is 107 cm³/mol. The Morgan fingerprint density at radius 2 is 2.04 bits per heavy atom. The molecule has 0 bridgehead atoms. The Hall–Kier alpha value is -2.47. The average molecular weight is 411 g/mol. The fourth-order valence-corrected chi connectivity index (χ4v) is 3.54. The monoisotopic (exact) mass is 410 g/mol. The molecule has 1 saturated heterocycles. The molecule has 26 heavy (non-hydrogen) atoms. The molecule has 1 aliphatic heterocycles. The molecule has 1 atom stereocenters. The van der Waals surface area contributed by atoms with Crippen molar-refractivity contribution < 1.29 is 4.79 Å². The molecule has 0 aliphatic carbocycles. The number of nitrogens with zero attached hydrogens (tertiary/aromatic N) is 3. The van der Waals surface area contributed by atoms with Crippen molar-refractivity contribution in [2.45, 2.75) is 12.8 Å². The summed E-state index contributed by atoms with van der Waals surface area (Å²) in [6.45, 7) is 1.60. The number of para-hydroxylation sites is 1. The molecule has 1 fully saturated rings. The first kappa shape index (κ1) is 17.0. The first-order chi connectivity index (χ1) is 12.7. The zero-order valence-electron chi connectivity index (χ0n) is 14.2. The predicted octanol–water partition coefficient (Wildman–Crippen LogP) is 4.25. The van der Waals surface area contributed by atoms with E-state index in [2.05, 4.69) is 43.3 Å². The van der Waals surface area contributed by atoms with Crippen LogP contribution >= 0.6 is 15.9 Å². The lowest BCUT2D eigenvalue weighted by Gasteiger charge is -2.33. The zero-order chi connectivity index (χ0) is 17.9. The van der Waals surface area contributed by atoms with E-state index in [-0.39, 0.29) is 11.8 Å². The van der Waals surface area contributed by atoms with E-state index >= 15 is 0 Å². The van der Waals surface area contributed by atoms with Crippen LogP contribution in [0.15, 0.2) is 59.2 Å². The van der Waals surface area contributed by atoms with Crippen LogP contribution in [0.1, 0.15) is 12.8 Å². The van der Waals surface area contributed by atoms with Gasteiger partial charge in [0.15, 0.2) is 0 Å². The Morgan fingerprint density at radius 1 is 1.15 bits per heavy atom. The van der Waals surface area contributed by atoms with Crippen LogP contribution in [0.2, 0.25) is 0 Å². The van der Waals surface area contributed by atoms with E-state index in [0.717, 1.165) is 40.6 Å². The average Bonchev–Trinajstić information content (AvgIpc) is 2.69. The maximum Gasteiger partial charge on any atom is 0.230 e. The van der Waals surface area contributed by atoms with Crippen molar-refractivity contribution in [3.05, 3.63) is 59.2 Å². The van der Waals surface area contributed by atoms with Crippen molar-refractivity contribution in [1.29, 1.82) is 0 Å². The highest BCUT2D eigenvalue weighted by Gasteiger charge is 2.26. The minimum absolute atomic E-state index is 0.0188. The van der Waals surface area contributed by atoms with Gasteiger partial charge in [-0.2, -0.15) is 0 Å². The van der Waals surface area contributed by atoms with Gasteiger partial charge in [-0.05, 0) is 59.1 Å². The number of amides is 1. The Morgan fingerprint density at radius 3 is 2.88 bits per heavy atom. The molecular weight excluding hydrogens is 392 g/mol. The fraction of sp³-hybridized carbons (Fsp3) is 0.250. The molecule has 132 valence electrons. The molecule has 1 N–H and O–H groups in total. The van der Waals surface area contributed by atoms with Gasteiger partial charge in [0.2, 0.25) is 5.91 Å². The summed E-state index contributed by atoms with van der Waals surface area (Å²) in [6, 6.07) is 15.9. The molecule has 3 heterocycles. The topological polar surface area (TPSA) is 58.1 Å². The lowest BCUT2D eigenvalue weighted by Crippen LogP contribution is -2.41. The number of rotatable bonds is 3. The van der Waals surface area contributed by atoms with Gasteiger partial charge in [0.1, 0.15) is 11.6 Å². The molecule has 4 rings (SSSR count). The largest absolute Gasteiger partial charge is 0.356 e. The van der Waals surface area contributed by atoms with Crippen molar-refractivity contribution in [2.75, 3.05) is 23.3 Å². The summed E-state index contributed by atoms with van der Waals surface area (Å²) in [5.74, 6) is 1.47. The van der Waals surface area contributed by atoms with Gasteiger partial charge in [0.25, 0.3) is 0 Å². The number of hydrogen-bond donors (Lipinski definition) is 1. The number of anilines is 2. The minimum Gasteiger partial charge on any atom is -0.356 e. The van der Waals surface area contributed by atoms with Crippen molar-refractivity contribution >= 4 is 44.4 Å². The number of pyridine rings is 2. The van der Waals surface area contributed by atoms with E-state index < -0.39 is 0 Å². The van der Waals surface area contributed by atoms with E-state index in [0.29, 0.717) is 12.4 Å². The fourth-order valence-electron chi connectivity index (χ4n) is 3.31. The second-order valence-electron chi connectivity index (χ2n) is 6.50. The van der Waals surface area contributed by atoms with E-state index in [4.69, 9.17) is 4.98 Å². The number of carbonyl (C=O) groups is 1. The van der Waals surface area contributed by atoms with Crippen molar-refractivity contribution in [3.63, 3.8) is 0 Å². The second-order valence-corrected chi connectivity index (χ2v) is 7.41. The standard InChI is InChI=1S/C20H19BrN4O/c21-16-8-9-18(22-12-16)24-20(26)15-5-3-11-25(13-15)19-10-7-14-4-1-2-6-17(14)23-19/h1-2,4,6-10,12,15H,3,5,11,13H2,(H,22,24,26). The highest BCUT2D eigenvalue weighted by Crippen LogP contribution is 2.25. The smallest absolute Gasteiger partial charge is 0.230 e. The molecule has 0 spiro atoms. The van der Waals surface area contributed by atoms with E-state index in [1.165, 1.54) is 0 Å². The van der Waals surface area contributed by atoms with Crippen LogP contribution in [0, 0.1) is 5.92 Å². The Bertz CT molecular complexity index is 929. The second kappa shape index (κ2) is 7.41. The molecule has 1 amide bonds. The van der Waals surface area contributed by atoms with Crippen LogP contribution in [-0.2, 0) is 4.79 Å². The van der Waals surface area contributed by atoms with Crippen LogP contribution in [0.4, 0.5) is 11.6 Å². The quantitative estimate of drug-likeness (QED) is 0.700. The van der Waals surface area contributed by atoms with Gasteiger partial charge >= 0.3 is 0 Å². The highest BCUT2D eigenvalue weighted by atomic mass is 79.9. The lowest BCUT2D eigenvalue weighted by molar-refractivity contribution is -0.120. The van der Waals surface area contributed by atoms with Crippen molar-refractivity contribution in [1.82, 2.24) is 9.97 Å². The summed E-state index contributed by atoms with van der Waals surface area (Å²) in [5.41, 5.74) is 0.982. The number of benzene rings is 1. The number of carbonyl (C=O) groups excluding carboxylic acids is 1. The van der Waals surface area contributed by atoms with Crippen LogP contribution in [0.25, 0.3) is 10.9 Å². The number of hydrogen-bond acceptors (Lipinski definition) is 4. The molecule has 0 saturated carbocycles. The van der Waals surface area contributed by atoms with Crippen molar-refractivity contribution in [3.8, 4) is 0 Å². The molecule has 3 aromatic rings. The summed E-state index contributed by atoms with van der Waals surface area (Å²) < 4.78 is 0.890. The van der Waals surface area contributed by atoms with Gasteiger partial charge < -0.3 is 10.2 Å². The van der Waals surface area contributed by atoms with Crippen LogP contribution in [-0.4, -0.2) is 29.0 Å². The third kappa shape index (κ3) is 3.70. The Labute approximate surface area is 160 Å². The number of aromatic nitrogens is 2. The minimum atomic E-state index is -0.0672. The molecule has 1 unspecified atom stereocenters. The number of nitrogens with one attached hydrogen (secondary N) is 1. The van der Waals surface area contributed by atoms with Gasteiger partial charge in [-0.1, -0.05) is 18.2 Å². The van der Waals surface area contributed by atoms with Gasteiger partial charge in [-0.15, -0.1) is 0 Å². The van der Waals surface area contributed by atoms with Crippen LogP contribution in [0.3, 0.4) is 0 Å². The van der Waals surface area contributed by atoms with Crippen LogP contribution < -0.4 is 10.2 Å². The van der Waals surface area contributed by atoms with Gasteiger partial charge in [-0.25, -0.2) is 9.97 Å². The van der Waals surface area contributed by atoms with Gasteiger partial charge in [0.05, 0.1) is 11.4 Å². The van der Waals surface area contributed by atoms with Gasteiger partial charge in [0, 0.05) is 29.1 Å². The number of halogens is 1. The van der Waals surface area contributed by atoms with E-state index in [1.54, 1.807) is 12.3 Å². The summed E-state index contributed by atoms with van der Waals surface area (Å²) >= 11 is 3.35. The molecule has 0 radical (unpaired) electrons.